The van der Waals surface area contributed by atoms with Crippen LogP contribution in [0.2, 0.25) is 0 Å². The second kappa shape index (κ2) is 3.58. The Balaban J connectivity index is 2.40. The Labute approximate surface area is 108 Å². The van der Waals surface area contributed by atoms with Crippen molar-refractivity contribution in [3.05, 3.63) is 52.6 Å². The van der Waals surface area contributed by atoms with Crippen LogP contribution in [0.1, 0.15) is 31.8 Å². The topological polar surface area (TPSA) is 106 Å². The molecule has 2 aromatic carbocycles. The lowest BCUT2D eigenvalue weighted by atomic mass is 9.83. The van der Waals surface area contributed by atoms with Gasteiger partial charge in [-0.3, -0.25) is 9.59 Å². The van der Waals surface area contributed by atoms with Crippen LogP contribution in [0.15, 0.2) is 30.3 Å². The first-order valence-electron chi connectivity index (χ1n) is 5.61. The molecule has 0 heterocycles. The summed E-state index contributed by atoms with van der Waals surface area (Å²) in [7, 11) is 0. The molecule has 2 aromatic rings. The zero-order valence-electron chi connectivity index (χ0n) is 9.81. The molecule has 3 rings (SSSR count). The highest BCUT2D eigenvalue weighted by Gasteiger charge is 2.33. The smallest absolute Gasteiger partial charge is 0.198 e. The fraction of sp³-hybridized carbons (Fsp3) is 0. The van der Waals surface area contributed by atoms with Gasteiger partial charge >= 0.3 is 0 Å². The van der Waals surface area contributed by atoms with Crippen LogP contribution in [0.5, 0.6) is 5.75 Å². The van der Waals surface area contributed by atoms with Crippen molar-refractivity contribution in [2.45, 2.75) is 0 Å². The van der Waals surface area contributed by atoms with Crippen molar-refractivity contribution in [3.63, 3.8) is 0 Å². The Bertz CT molecular complexity index is 751. The second-order valence-electron chi connectivity index (χ2n) is 4.35. The number of nitrogens with two attached hydrogens (primary N) is 2. The van der Waals surface area contributed by atoms with Gasteiger partial charge in [-0.15, -0.1) is 0 Å². The van der Waals surface area contributed by atoms with E-state index in [1.807, 2.05) is 0 Å². The quantitative estimate of drug-likeness (QED) is 0.414. The molecule has 0 amide bonds. The molecule has 0 saturated carbocycles. The van der Waals surface area contributed by atoms with Gasteiger partial charge in [0.2, 0.25) is 0 Å². The number of benzene rings is 2. The highest BCUT2D eigenvalue weighted by atomic mass is 16.3. The average molecular weight is 254 g/mol. The molecule has 5 N–H and O–H groups in total. The molecule has 0 fully saturated rings. The summed E-state index contributed by atoms with van der Waals surface area (Å²) in [6.07, 6.45) is 0. The van der Waals surface area contributed by atoms with Gasteiger partial charge in [-0.2, -0.15) is 0 Å². The number of phenolic OH excluding ortho intramolecular Hbond substituents is 1. The first-order valence-corrected chi connectivity index (χ1v) is 5.61. The summed E-state index contributed by atoms with van der Waals surface area (Å²) in [4.78, 5) is 24.6. The van der Waals surface area contributed by atoms with Crippen molar-refractivity contribution in [2.24, 2.45) is 0 Å². The molecule has 0 radical (unpaired) electrons. The van der Waals surface area contributed by atoms with Crippen molar-refractivity contribution in [2.75, 3.05) is 11.5 Å². The van der Waals surface area contributed by atoms with E-state index in [0.717, 1.165) is 0 Å². The van der Waals surface area contributed by atoms with Gasteiger partial charge in [-0.25, -0.2) is 0 Å². The summed E-state index contributed by atoms with van der Waals surface area (Å²) in [5.41, 5.74) is 11.8. The van der Waals surface area contributed by atoms with E-state index >= 15 is 0 Å². The van der Waals surface area contributed by atoms with Crippen LogP contribution in [0.4, 0.5) is 11.4 Å². The molecule has 1 aliphatic carbocycles. The van der Waals surface area contributed by atoms with Crippen molar-refractivity contribution in [1.82, 2.24) is 0 Å². The first kappa shape index (κ1) is 11.3. The van der Waals surface area contributed by atoms with E-state index in [-0.39, 0.29) is 33.8 Å². The SMILES string of the molecule is Nc1cc2c(c(O)c1N)C(=O)c1ccccc1C2=O. The first-order chi connectivity index (χ1) is 9.02. The molecular weight excluding hydrogens is 244 g/mol. The van der Waals surface area contributed by atoms with Crippen molar-refractivity contribution >= 4 is 22.9 Å². The monoisotopic (exact) mass is 254 g/mol. The molecule has 0 atom stereocenters. The standard InChI is InChI=1S/C14H10N2O3/c15-9-5-8-10(14(19)11(9)16)13(18)7-4-2-1-3-6(7)12(8)17/h1-5,19H,15-16H2. The summed E-state index contributed by atoms with van der Waals surface area (Å²) in [6, 6.07) is 7.79. The third-order valence-electron chi connectivity index (χ3n) is 3.26. The van der Waals surface area contributed by atoms with Gasteiger partial charge in [0.05, 0.1) is 16.9 Å². The molecule has 5 heteroatoms. The molecule has 5 nitrogen and oxygen atoms in total. The number of rotatable bonds is 0. The number of ketones is 2. The van der Waals surface area contributed by atoms with Crippen LogP contribution in [0.3, 0.4) is 0 Å². The number of anilines is 2. The summed E-state index contributed by atoms with van der Waals surface area (Å²) in [5, 5.41) is 9.96. The van der Waals surface area contributed by atoms with Crippen molar-refractivity contribution < 1.29 is 14.7 Å². The Morgan fingerprint density at radius 1 is 0.895 bits per heavy atom. The van der Waals surface area contributed by atoms with Crippen LogP contribution < -0.4 is 11.5 Å². The molecule has 0 bridgehead atoms. The minimum atomic E-state index is -0.428. The highest BCUT2D eigenvalue weighted by molar-refractivity contribution is 6.30. The largest absolute Gasteiger partial charge is 0.505 e. The van der Waals surface area contributed by atoms with Gasteiger partial charge in [0.25, 0.3) is 0 Å². The third-order valence-corrected chi connectivity index (χ3v) is 3.26. The summed E-state index contributed by atoms with van der Waals surface area (Å²) >= 11 is 0. The number of carbonyl (C=O) groups excluding carboxylic acids is 2. The van der Waals surface area contributed by atoms with Crippen molar-refractivity contribution in [3.8, 4) is 5.75 Å². The molecule has 0 aliphatic heterocycles. The fourth-order valence-corrected chi connectivity index (χ4v) is 2.27. The molecule has 0 unspecified atom stereocenters. The average Bonchev–Trinajstić information content (AvgIpc) is 2.42. The molecule has 94 valence electrons. The zero-order valence-corrected chi connectivity index (χ0v) is 9.81. The van der Waals surface area contributed by atoms with E-state index in [4.69, 9.17) is 11.5 Å². The Hall–Kier alpha value is -2.82. The van der Waals surface area contributed by atoms with Gasteiger partial charge in [-0.1, -0.05) is 24.3 Å². The number of nitrogen functional groups attached to an aromatic ring is 2. The predicted molar refractivity (Wildman–Crippen MR) is 70.2 cm³/mol. The lowest BCUT2D eigenvalue weighted by Crippen LogP contribution is -2.21. The Morgan fingerprint density at radius 3 is 2.11 bits per heavy atom. The molecule has 19 heavy (non-hydrogen) atoms. The normalized spacial score (nSPS) is 13.1. The van der Waals surface area contributed by atoms with E-state index in [2.05, 4.69) is 0 Å². The minimum Gasteiger partial charge on any atom is -0.505 e. The third kappa shape index (κ3) is 1.35. The van der Waals surface area contributed by atoms with Gasteiger partial charge in [0, 0.05) is 16.7 Å². The summed E-state index contributed by atoms with van der Waals surface area (Å²) in [5.74, 6) is -1.19. The molecule has 0 aromatic heterocycles. The Kier molecular flexibility index (Phi) is 2.13. The van der Waals surface area contributed by atoms with E-state index in [1.165, 1.54) is 6.07 Å². The number of phenols is 1. The highest BCUT2D eigenvalue weighted by Crippen LogP contribution is 2.39. The number of carbonyl (C=O) groups is 2. The van der Waals surface area contributed by atoms with E-state index in [1.54, 1.807) is 24.3 Å². The maximum Gasteiger partial charge on any atom is 0.198 e. The molecular formula is C14H10N2O3. The zero-order chi connectivity index (χ0) is 13.7. The molecule has 0 spiro atoms. The van der Waals surface area contributed by atoms with Gasteiger partial charge < -0.3 is 16.6 Å². The fourth-order valence-electron chi connectivity index (χ4n) is 2.27. The van der Waals surface area contributed by atoms with Crippen LogP contribution in [0.25, 0.3) is 0 Å². The molecule has 0 saturated heterocycles. The summed E-state index contributed by atoms with van der Waals surface area (Å²) < 4.78 is 0. The maximum absolute atomic E-state index is 12.3. The minimum absolute atomic E-state index is 0.0737. The van der Waals surface area contributed by atoms with E-state index < -0.39 is 11.5 Å². The second-order valence-corrected chi connectivity index (χ2v) is 4.35. The maximum atomic E-state index is 12.3. The van der Waals surface area contributed by atoms with Crippen LogP contribution >= 0.6 is 0 Å². The van der Waals surface area contributed by atoms with Crippen LogP contribution in [0, 0.1) is 0 Å². The lowest BCUT2D eigenvalue weighted by molar-refractivity contribution is 0.0977. The van der Waals surface area contributed by atoms with Gasteiger partial charge in [0.1, 0.15) is 0 Å². The molecule has 1 aliphatic rings. The lowest BCUT2D eigenvalue weighted by Gasteiger charge is -2.19. The van der Waals surface area contributed by atoms with Crippen LogP contribution in [-0.2, 0) is 0 Å². The number of fused-ring (bicyclic) bond motifs is 2. The predicted octanol–water partition coefficient (Wildman–Crippen LogP) is 1.33. The Morgan fingerprint density at radius 2 is 1.47 bits per heavy atom. The van der Waals surface area contributed by atoms with E-state index in [9.17, 15) is 14.7 Å². The number of hydrogen-bond acceptors (Lipinski definition) is 5. The van der Waals surface area contributed by atoms with Gasteiger partial charge in [0.15, 0.2) is 17.3 Å². The van der Waals surface area contributed by atoms with Crippen LogP contribution in [-0.4, -0.2) is 16.7 Å². The van der Waals surface area contributed by atoms with Gasteiger partial charge in [-0.05, 0) is 6.07 Å². The summed E-state index contributed by atoms with van der Waals surface area (Å²) in [6.45, 7) is 0. The number of aromatic hydroxyl groups is 1. The van der Waals surface area contributed by atoms with E-state index in [0.29, 0.717) is 5.56 Å². The number of hydrogen-bond donors (Lipinski definition) is 3. The van der Waals surface area contributed by atoms with Crippen molar-refractivity contribution in [1.29, 1.82) is 0 Å².